The van der Waals surface area contributed by atoms with Crippen molar-refractivity contribution in [1.82, 2.24) is 0 Å². The molecule has 3 atom stereocenters. The smallest absolute Gasteiger partial charge is 0.103 e. The Kier molecular flexibility index (Phi) is 6.63. The standard InChI is InChI=1S/C25H43F/c1-18-7-9-20(10-8-18)21-11-13-22(14-12-21)24-16-15-23(17-25(24)26)19-5-3-2-4-6-19/h18-25H,2-17H2,1H3/t18?,20?,21?,22?,23-,24?,25?/m0/s1. The lowest BCUT2D eigenvalue weighted by molar-refractivity contribution is 0.0294. The monoisotopic (exact) mass is 362 g/mol. The van der Waals surface area contributed by atoms with Crippen molar-refractivity contribution >= 4 is 0 Å². The Bertz CT molecular complexity index is 410. The van der Waals surface area contributed by atoms with Gasteiger partial charge in [0.2, 0.25) is 0 Å². The minimum absolute atomic E-state index is 0.419. The molecule has 4 rings (SSSR count). The third-order valence-electron chi connectivity index (χ3n) is 9.33. The molecular formula is C25H43F. The molecule has 0 N–H and O–H groups in total. The van der Waals surface area contributed by atoms with Crippen LogP contribution in [0.4, 0.5) is 4.39 Å². The van der Waals surface area contributed by atoms with E-state index in [9.17, 15) is 0 Å². The number of hydrogen-bond acceptors (Lipinski definition) is 0. The highest BCUT2D eigenvalue weighted by molar-refractivity contribution is 4.90. The van der Waals surface area contributed by atoms with Crippen LogP contribution in [0.5, 0.6) is 0 Å². The Hall–Kier alpha value is -0.0700. The lowest BCUT2D eigenvalue weighted by atomic mass is 9.63. The van der Waals surface area contributed by atoms with Crippen LogP contribution in [0.2, 0.25) is 0 Å². The van der Waals surface area contributed by atoms with Crippen LogP contribution in [-0.4, -0.2) is 6.17 Å². The van der Waals surface area contributed by atoms with Crippen molar-refractivity contribution < 1.29 is 4.39 Å². The summed E-state index contributed by atoms with van der Waals surface area (Å²) in [5, 5.41) is 0. The van der Waals surface area contributed by atoms with Crippen LogP contribution in [0.3, 0.4) is 0 Å². The van der Waals surface area contributed by atoms with Gasteiger partial charge in [-0.05, 0) is 99.2 Å². The van der Waals surface area contributed by atoms with Gasteiger partial charge in [-0.25, -0.2) is 4.39 Å². The number of alkyl halides is 1. The van der Waals surface area contributed by atoms with Gasteiger partial charge < -0.3 is 0 Å². The van der Waals surface area contributed by atoms with Gasteiger partial charge in [-0.2, -0.15) is 0 Å². The van der Waals surface area contributed by atoms with Crippen molar-refractivity contribution in [3.8, 4) is 0 Å². The Morgan fingerprint density at radius 1 is 0.500 bits per heavy atom. The van der Waals surface area contributed by atoms with E-state index in [0.29, 0.717) is 5.92 Å². The minimum Gasteiger partial charge on any atom is -0.247 e. The van der Waals surface area contributed by atoms with E-state index in [4.69, 9.17) is 0 Å². The van der Waals surface area contributed by atoms with E-state index in [0.717, 1.165) is 41.9 Å². The quantitative estimate of drug-likeness (QED) is 0.478. The zero-order valence-electron chi connectivity index (χ0n) is 17.3. The lowest BCUT2D eigenvalue weighted by Gasteiger charge is -2.43. The molecule has 0 aromatic rings. The molecule has 4 fully saturated rings. The van der Waals surface area contributed by atoms with Crippen LogP contribution in [0.1, 0.15) is 110 Å². The van der Waals surface area contributed by atoms with Gasteiger partial charge in [0.05, 0.1) is 0 Å². The van der Waals surface area contributed by atoms with Crippen molar-refractivity contribution in [2.75, 3.05) is 0 Å². The Morgan fingerprint density at radius 3 is 1.62 bits per heavy atom. The summed E-state index contributed by atoms with van der Waals surface area (Å²) in [5.41, 5.74) is 0. The highest BCUT2D eigenvalue weighted by Crippen LogP contribution is 2.48. The molecule has 0 heterocycles. The second-order valence-electron chi connectivity index (χ2n) is 10.8. The van der Waals surface area contributed by atoms with Crippen LogP contribution < -0.4 is 0 Å². The summed E-state index contributed by atoms with van der Waals surface area (Å²) in [5.74, 6) is 5.69. The molecule has 0 spiro atoms. The fraction of sp³-hybridized carbons (Fsp3) is 1.00. The molecule has 2 unspecified atom stereocenters. The summed E-state index contributed by atoms with van der Waals surface area (Å²) < 4.78 is 15.1. The van der Waals surface area contributed by atoms with Gasteiger partial charge in [0.25, 0.3) is 0 Å². The van der Waals surface area contributed by atoms with Crippen LogP contribution in [0.25, 0.3) is 0 Å². The second kappa shape index (κ2) is 8.95. The molecule has 0 amide bonds. The Labute approximate surface area is 162 Å². The fourth-order valence-corrected chi connectivity index (χ4v) is 7.54. The van der Waals surface area contributed by atoms with E-state index in [1.165, 1.54) is 96.3 Å². The molecule has 0 bridgehead atoms. The maximum atomic E-state index is 15.1. The molecule has 0 saturated heterocycles. The molecule has 4 aliphatic rings. The first-order valence-electron chi connectivity index (χ1n) is 12.3. The molecule has 4 aliphatic carbocycles. The van der Waals surface area contributed by atoms with Gasteiger partial charge in [0.15, 0.2) is 0 Å². The maximum absolute atomic E-state index is 15.1. The first kappa shape index (κ1) is 19.3. The van der Waals surface area contributed by atoms with Crippen LogP contribution in [0.15, 0.2) is 0 Å². The molecule has 4 saturated carbocycles. The summed E-state index contributed by atoms with van der Waals surface area (Å²) in [4.78, 5) is 0. The molecule has 0 aliphatic heterocycles. The number of hydrogen-bond donors (Lipinski definition) is 0. The molecule has 150 valence electrons. The largest absolute Gasteiger partial charge is 0.247 e. The van der Waals surface area contributed by atoms with Gasteiger partial charge in [-0.15, -0.1) is 0 Å². The third-order valence-corrected chi connectivity index (χ3v) is 9.33. The molecule has 0 aromatic carbocycles. The van der Waals surface area contributed by atoms with E-state index >= 15 is 4.39 Å². The summed E-state index contributed by atoms with van der Waals surface area (Å²) in [6, 6.07) is 0. The predicted octanol–water partition coefficient (Wildman–Crippen LogP) is 7.95. The van der Waals surface area contributed by atoms with Crippen molar-refractivity contribution in [3.05, 3.63) is 0 Å². The highest BCUT2D eigenvalue weighted by atomic mass is 19.1. The van der Waals surface area contributed by atoms with Gasteiger partial charge in [-0.3, -0.25) is 0 Å². The number of halogens is 1. The molecule has 0 aromatic heterocycles. The van der Waals surface area contributed by atoms with Gasteiger partial charge >= 0.3 is 0 Å². The SMILES string of the molecule is CC1CCC(C2CCC(C3CC[C@H](C4CCCCC4)CC3F)CC2)CC1. The van der Waals surface area contributed by atoms with Gasteiger partial charge in [-0.1, -0.05) is 51.9 Å². The van der Waals surface area contributed by atoms with E-state index in [1.807, 2.05) is 0 Å². The van der Waals surface area contributed by atoms with Crippen molar-refractivity contribution in [2.45, 2.75) is 116 Å². The average Bonchev–Trinajstić information content (AvgIpc) is 2.69. The van der Waals surface area contributed by atoms with Gasteiger partial charge in [0.1, 0.15) is 6.17 Å². The number of rotatable bonds is 3. The van der Waals surface area contributed by atoms with E-state index in [1.54, 1.807) is 0 Å². The van der Waals surface area contributed by atoms with Crippen LogP contribution in [-0.2, 0) is 0 Å². The molecule has 0 radical (unpaired) electrons. The summed E-state index contributed by atoms with van der Waals surface area (Å²) in [6.07, 6.45) is 21.4. The maximum Gasteiger partial charge on any atom is 0.103 e. The van der Waals surface area contributed by atoms with Crippen molar-refractivity contribution in [3.63, 3.8) is 0 Å². The Balaban J connectivity index is 1.23. The van der Waals surface area contributed by atoms with E-state index in [2.05, 4.69) is 6.92 Å². The lowest BCUT2D eigenvalue weighted by Crippen LogP contribution is -2.37. The third kappa shape index (κ3) is 4.49. The highest BCUT2D eigenvalue weighted by Gasteiger charge is 2.40. The zero-order valence-corrected chi connectivity index (χ0v) is 17.3. The minimum atomic E-state index is -0.479. The average molecular weight is 363 g/mol. The molecule has 26 heavy (non-hydrogen) atoms. The molecule has 1 heteroatoms. The fourth-order valence-electron chi connectivity index (χ4n) is 7.54. The van der Waals surface area contributed by atoms with Crippen LogP contribution >= 0.6 is 0 Å². The summed E-state index contributed by atoms with van der Waals surface area (Å²) in [7, 11) is 0. The Morgan fingerprint density at radius 2 is 1.00 bits per heavy atom. The van der Waals surface area contributed by atoms with Crippen molar-refractivity contribution in [1.29, 1.82) is 0 Å². The normalized spacial score (nSPS) is 46.2. The molecular weight excluding hydrogens is 319 g/mol. The summed E-state index contributed by atoms with van der Waals surface area (Å²) in [6.45, 7) is 2.43. The molecule has 0 nitrogen and oxygen atoms in total. The zero-order chi connectivity index (χ0) is 17.9. The van der Waals surface area contributed by atoms with E-state index in [-0.39, 0.29) is 0 Å². The topological polar surface area (TPSA) is 0 Å². The van der Waals surface area contributed by atoms with Gasteiger partial charge in [0, 0.05) is 0 Å². The van der Waals surface area contributed by atoms with Crippen LogP contribution in [0, 0.1) is 41.4 Å². The first-order valence-corrected chi connectivity index (χ1v) is 12.3. The van der Waals surface area contributed by atoms with E-state index < -0.39 is 6.17 Å². The predicted molar refractivity (Wildman–Crippen MR) is 109 cm³/mol. The second-order valence-corrected chi connectivity index (χ2v) is 10.8. The van der Waals surface area contributed by atoms with Crippen molar-refractivity contribution in [2.24, 2.45) is 41.4 Å². The first-order chi connectivity index (χ1) is 12.7. The summed E-state index contributed by atoms with van der Waals surface area (Å²) >= 11 is 0.